The van der Waals surface area contributed by atoms with Gasteiger partial charge in [0.15, 0.2) is 0 Å². The number of H-pyrrole nitrogens is 1. The molecule has 0 bridgehead atoms. The minimum Gasteiger partial charge on any atom is -0.372 e. The Labute approximate surface area is 129 Å². The average Bonchev–Trinajstić information content (AvgIpc) is 2.88. The molecule has 0 atom stereocenters. The maximum atomic E-state index is 12.9. The number of benzene rings is 1. The van der Waals surface area contributed by atoms with Gasteiger partial charge in [0.2, 0.25) is 5.95 Å². The average molecular weight is 322 g/mol. The van der Waals surface area contributed by atoms with Gasteiger partial charge < -0.3 is 10.6 Å². The molecule has 2 aromatic heterocycles. The SMILES string of the molecule is CNc1nc(Nc2cccc3n[nH]c(C)c23)ncc1C(F)(F)F. The largest absolute Gasteiger partial charge is 0.421 e. The second kappa shape index (κ2) is 5.41. The van der Waals surface area contributed by atoms with Crippen LogP contribution in [0.4, 0.5) is 30.6 Å². The Hall–Kier alpha value is -2.84. The van der Waals surface area contributed by atoms with Crippen LogP contribution in [-0.2, 0) is 6.18 Å². The fraction of sp³-hybridized carbons (Fsp3) is 0.214. The number of aromatic amines is 1. The van der Waals surface area contributed by atoms with Gasteiger partial charge in [0, 0.05) is 24.3 Å². The highest BCUT2D eigenvalue weighted by molar-refractivity contribution is 5.94. The van der Waals surface area contributed by atoms with Crippen molar-refractivity contribution >= 4 is 28.4 Å². The number of nitrogens with one attached hydrogen (secondary N) is 3. The van der Waals surface area contributed by atoms with Crippen molar-refractivity contribution in [3.05, 3.63) is 35.7 Å². The molecule has 3 aromatic rings. The molecule has 3 rings (SSSR count). The highest BCUT2D eigenvalue weighted by Gasteiger charge is 2.35. The molecule has 0 aliphatic carbocycles. The van der Waals surface area contributed by atoms with Gasteiger partial charge in [-0.1, -0.05) is 6.07 Å². The van der Waals surface area contributed by atoms with Gasteiger partial charge >= 0.3 is 6.18 Å². The number of alkyl halides is 3. The van der Waals surface area contributed by atoms with Crippen molar-refractivity contribution in [1.82, 2.24) is 20.2 Å². The van der Waals surface area contributed by atoms with Crippen molar-refractivity contribution in [1.29, 1.82) is 0 Å². The monoisotopic (exact) mass is 322 g/mol. The van der Waals surface area contributed by atoms with Crippen LogP contribution < -0.4 is 10.6 Å². The van der Waals surface area contributed by atoms with Crippen LogP contribution in [0, 0.1) is 6.92 Å². The molecule has 23 heavy (non-hydrogen) atoms. The maximum Gasteiger partial charge on any atom is 0.421 e. The van der Waals surface area contributed by atoms with Crippen LogP contribution in [0.3, 0.4) is 0 Å². The van der Waals surface area contributed by atoms with E-state index in [9.17, 15) is 13.2 Å². The van der Waals surface area contributed by atoms with Crippen LogP contribution >= 0.6 is 0 Å². The summed E-state index contributed by atoms with van der Waals surface area (Å²) in [4.78, 5) is 7.65. The topological polar surface area (TPSA) is 78.5 Å². The summed E-state index contributed by atoms with van der Waals surface area (Å²) in [5.74, 6) is -0.221. The Bertz CT molecular complexity index is 855. The third kappa shape index (κ3) is 2.77. The van der Waals surface area contributed by atoms with Gasteiger partial charge in [0.25, 0.3) is 0 Å². The van der Waals surface area contributed by atoms with E-state index >= 15 is 0 Å². The minimum absolute atomic E-state index is 0.0652. The Morgan fingerprint density at radius 1 is 1.22 bits per heavy atom. The zero-order chi connectivity index (χ0) is 16.6. The molecule has 120 valence electrons. The molecule has 0 radical (unpaired) electrons. The lowest BCUT2D eigenvalue weighted by Gasteiger charge is -2.13. The Kier molecular flexibility index (Phi) is 3.55. The molecular formula is C14H13F3N6. The van der Waals surface area contributed by atoms with E-state index < -0.39 is 11.7 Å². The van der Waals surface area contributed by atoms with E-state index in [-0.39, 0.29) is 11.8 Å². The summed E-state index contributed by atoms with van der Waals surface area (Å²) in [5.41, 5.74) is 1.33. The fourth-order valence-electron chi connectivity index (χ4n) is 2.29. The van der Waals surface area contributed by atoms with Gasteiger partial charge in [-0.2, -0.15) is 23.3 Å². The van der Waals surface area contributed by atoms with Crippen molar-refractivity contribution < 1.29 is 13.2 Å². The predicted molar refractivity (Wildman–Crippen MR) is 80.7 cm³/mol. The first kappa shape index (κ1) is 15.1. The van der Waals surface area contributed by atoms with Gasteiger partial charge in [-0.05, 0) is 19.1 Å². The van der Waals surface area contributed by atoms with Crippen LogP contribution in [-0.4, -0.2) is 27.2 Å². The molecule has 2 heterocycles. The zero-order valence-corrected chi connectivity index (χ0v) is 12.3. The highest BCUT2D eigenvalue weighted by atomic mass is 19.4. The van der Waals surface area contributed by atoms with E-state index in [1.165, 1.54) is 7.05 Å². The number of nitrogens with zero attached hydrogens (tertiary/aromatic N) is 3. The number of hydrogen-bond acceptors (Lipinski definition) is 5. The first-order chi connectivity index (χ1) is 10.9. The van der Waals surface area contributed by atoms with Crippen LogP contribution in [0.25, 0.3) is 10.9 Å². The summed E-state index contributed by atoms with van der Waals surface area (Å²) in [5, 5.41) is 13.2. The molecule has 0 fully saturated rings. The number of hydrogen-bond donors (Lipinski definition) is 3. The van der Waals surface area contributed by atoms with E-state index in [1.54, 1.807) is 12.1 Å². The van der Waals surface area contributed by atoms with E-state index in [0.29, 0.717) is 5.69 Å². The fourth-order valence-corrected chi connectivity index (χ4v) is 2.29. The highest BCUT2D eigenvalue weighted by Crippen LogP contribution is 2.34. The number of fused-ring (bicyclic) bond motifs is 1. The van der Waals surface area contributed by atoms with Crippen LogP contribution in [0.2, 0.25) is 0 Å². The molecular weight excluding hydrogens is 309 g/mol. The lowest BCUT2D eigenvalue weighted by Crippen LogP contribution is -2.12. The normalized spacial score (nSPS) is 11.7. The van der Waals surface area contributed by atoms with Gasteiger partial charge in [-0.3, -0.25) is 5.10 Å². The van der Waals surface area contributed by atoms with E-state index in [1.807, 2.05) is 13.0 Å². The Morgan fingerprint density at radius 2 is 2.00 bits per heavy atom. The third-order valence-corrected chi connectivity index (χ3v) is 3.34. The summed E-state index contributed by atoms with van der Waals surface area (Å²) in [6.45, 7) is 1.85. The summed E-state index contributed by atoms with van der Waals surface area (Å²) in [6.07, 6.45) is -3.76. The number of halogens is 3. The standard InChI is InChI=1S/C14H13F3N6/c1-7-11-9(4-3-5-10(11)23-22-7)20-13-19-6-8(14(15,16)17)12(18-2)21-13/h3-6H,1-2H3,(H,22,23)(H2,18,19,20,21). The summed E-state index contributed by atoms with van der Waals surface area (Å²) < 4.78 is 38.6. The molecule has 0 spiro atoms. The molecule has 9 heteroatoms. The van der Waals surface area contributed by atoms with Crippen LogP contribution in [0.15, 0.2) is 24.4 Å². The lowest BCUT2D eigenvalue weighted by molar-refractivity contribution is -0.137. The number of aryl methyl sites for hydroxylation is 1. The van der Waals surface area contributed by atoms with Gasteiger partial charge in [-0.15, -0.1) is 0 Å². The first-order valence-electron chi connectivity index (χ1n) is 6.73. The molecule has 0 unspecified atom stereocenters. The predicted octanol–water partition coefficient (Wildman–Crippen LogP) is 3.47. The van der Waals surface area contributed by atoms with Gasteiger partial charge in [-0.25, -0.2) is 4.98 Å². The summed E-state index contributed by atoms with van der Waals surface area (Å²) in [6, 6.07) is 5.40. The second-order valence-electron chi connectivity index (χ2n) is 4.88. The third-order valence-electron chi connectivity index (χ3n) is 3.34. The summed E-state index contributed by atoms with van der Waals surface area (Å²) in [7, 11) is 1.38. The molecule has 1 aromatic carbocycles. The summed E-state index contributed by atoms with van der Waals surface area (Å²) >= 11 is 0. The number of rotatable bonds is 3. The molecule has 3 N–H and O–H groups in total. The molecule has 0 saturated carbocycles. The second-order valence-corrected chi connectivity index (χ2v) is 4.88. The van der Waals surface area contributed by atoms with Crippen LogP contribution in [0.5, 0.6) is 0 Å². The maximum absolute atomic E-state index is 12.9. The molecule has 0 aliphatic rings. The van der Waals surface area contributed by atoms with Gasteiger partial charge in [0.05, 0.1) is 11.2 Å². The smallest absolute Gasteiger partial charge is 0.372 e. The number of aromatic nitrogens is 4. The van der Waals surface area contributed by atoms with Crippen molar-refractivity contribution in [2.24, 2.45) is 0 Å². The molecule has 6 nitrogen and oxygen atoms in total. The number of anilines is 3. The molecule has 0 saturated heterocycles. The van der Waals surface area contributed by atoms with Gasteiger partial charge in [0.1, 0.15) is 11.4 Å². The van der Waals surface area contributed by atoms with Crippen molar-refractivity contribution in [3.8, 4) is 0 Å². The minimum atomic E-state index is -4.52. The molecule has 0 aliphatic heterocycles. The Morgan fingerprint density at radius 3 is 2.70 bits per heavy atom. The zero-order valence-electron chi connectivity index (χ0n) is 12.3. The van der Waals surface area contributed by atoms with E-state index in [4.69, 9.17) is 0 Å². The van der Waals surface area contributed by atoms with Crippen LogP contribution in [0.1, 0.15) is 11.3 Å². The van der Waals surface area contributed by atoms with Crippen molar-refractivity contribution in [2.75, 3.05) is 17.7 Å². The lowest BCUT2D eigenvalue weighted by atomic mass is 10.2. The van der Waals surface area contributed by atoms with Crippen molar-refractivity contribution in [3.63, 3.8) is 0 Å². The van der Waals surface area contributed by atoms with E-state index in [2.05, 4.69) is 30.8 Å². The quantitative estimate of drug-likeness (QED) is 0.688. The first-order valence-corrected chi connectivity index (χ1v) is 6.73. The Balaban J connectivity index is 2.01. The van der Waals surface area contributed by atoms with E-state index in [0.717, 1.165) is 22.8 Å². The molecule has 0 amide bonds. The van der Waals surface area contributed by atoms with Crippen molar-refractivity contribution in [2.45, 2.75) is 13.1 Å².